The Morgan fingerprint density at radius 3 is 1.29 bits per heavy atom. The number of hydrogen-bond donors (Lipinski definition) is 0. The Morgan fingerprint density at radius 1 is 0.581 bits per heavy atom. The molecule has 0 saturated carbocycles. The van der Waals surface area contributed by atoms with E-state index >= 15 is 0 Å². The molecular weight excluding hydrogens is 406 g/mol. The SMILES string of the molecule is CCCCCCCCCCCCCCCOS(=O)(=O)C(F)CCCCCCCCC.[LiH]. The monoisotopic (exact) mass is 458 g/mol. The van der Waals surface area contributed by atoms with Crippen molar-refractivity contribution in [3.05, 3.63) is 0 Å². The molecule has 0 aromatic rings. The molecule has 3 nitrogen and oxygen atoms in total. The number of hydrogen-bond acceptors (Lipinski definition) is 3. The molecule has 0 aromatic carbocycles. The molecule has 0 amide bonds. The van der Waals surface area contributed by atoms with Crippen molar-refractivity contribution in [2.75, 3.05) is 6.61 Å². The Hall–Kier alpha value is 0.437. The second kappa shape index (κ2) is 25.1. The first-order valence-electron chi connectivity index (χ1n) is 13.1. The van der Waals surface area contributed by atoms with Crippen molar-refractivity contribution in [3.8, 4) is 0 Å². The molecule has 0 heterocycles. The van der Waals surface area contributed by atoms with Crippen LogP contribution in [0.5, 0.6) is 0 Å². The van der Waals surface area contributed by atoms with Gasteiger partial charge in [0, 0.05) is 0 Å². The van der Waals surface area contributed by atoms with E-state index in [0.29, 0.717) is 12.8 Å². The Bertz CT molecular complexity index is 446. The first-order chi connectivity index (χ1) is 14.5. The van der Waals surface area contributed by atoms with Gasteiger partial charge in [-0.25, -0.2) is 4.39 Å². The second-order valence-corrected chi connectivity index (χ2v) is 10.6. The molecule has 0 bridgehead atoms. The fourth-order valence-corrected chi connectivity index (χ4v) is 4.73. The zero-order valence-electron chi connectivity index (χ0n) is 20.1. The first-order valence-corrected chi connectivity index (χ1v) is 14.5. The minimum atomic E-state index is -4.04. The predicted molar refractivity (Wildman–Crippen MR) is 135 cm³/mol. The molecule has 0 radical (unpaired) electrons. The molecule has 0 aliphatic rings. The zero-order valence-corrected chi connectivity index (χ0v) is 21.0. The van der Waals surface area contributed by atoms with E-state index in [1.165, 1.54) is 83.5 Å². The number of alkyl halides is 1. The van der Waals surface area contributed by atoms with Gasteiger partial charge in [-0.3, -0.25) is 4.18 Å². The summed E-state index contributed by atoms with van der Waals surface area (Å²) >= 11 is 0. The van der Waals surface area contributed by atoms with Gasteiger partial charge in [-0.15, -0.1) is 0 Å². The van der Waals surface area contributed by atoms with Crippen LogP contribution in [-0.4, -0.2) is 39.4 Å². The molecule has 0 aliphatic carbocycles. The average Bonchev–Trinajstić information content (AvgIpc) is 2.73. The van der Waals surface area contributed by atoms with Crippen LogP contribution in [0.25, 0.3) is 0 Å². The summed E-state index contributed by atoms with van der Waals surface area (Å²) < 4.78 is 42.6. The quantitative estimate of drug-likeness (QED) is 0.0831. The van der Waals surface area contributed by atoms with Crippen LogP contribution in [0.1, 0.15) is 149 Å². The first kappa shape index (κ1) is 33.6. The molecule has 0 N–H and O–H groups in total. The van der Waals surface area contributed by atoms with Gasteiger partial charge in [-0.1, -0.05) is 129 Å². The van der Waals surface area contributed by atoms with Gasteiger partial charge in [-0.2, -0.15) is 8.42 Å². The Morgan fingerprint density at radius 2 is 0.903 bits per heavy atom. The molecule has 6 heteroatoms. The maximum absolute atomic E-state index is 14.0. The van der Waals surface area contributed by atoms with Gasteiger partial charge in [0.2, 0.25) is 5.50 Å². The second-order valence-electron chi connectivity index (χ2n) is 8.88. The molecule has 184 valence electrons. The van der Waals surface area contributed by atoms with E-state index in [0.717, 1.165) is 32.1 Å². The predicted octanol–water partition coefficient (Wildman–Crippen LogP) is 8.21. The zero-order chi connectivity index (χ0) is 22.3. The van der Waals surface area contributed by atoms with Crippen LogP contribution >= 0.6 is 0 Å². The van der Waals surface area contributed by atoms with Crippen LogP contribution < -0.4 is 0 Å². The molecule has 0 aliphatic heterocycles. The van der Waals surface area contributed by atoms with Crippen molar-refractivity contribution in [1.82, 2.24) is 0 Å². The fourth-order valence-electron chi connectivity index (χ4n) is 3.78. The number of halogens is 1. The van der Waals surface area contributed by atoms with E-state index in [1.807, 2.05) is 0 Å². The van der Waals surface area contributed by atoms with E-state index in [9.17, 15) is 12.8 Å². The number of rotatable bonds is 24. The molecule has 1 atom stereocenters. The summed E-state index contributed by atoms with van der Waals surface area (Å²) in [5.74, 6) is 0. The molecule has 0 rings (SSSR count). The molecule has 0 spiro atoms. The van der Waals surface area contributed by atoms with E-state index < -0.39 is 15.6 Å². The van der Waals surface area contributed by atoms with Crippen LogP contribution in [0.15, 0.2) is 0 Å². The van der Waals surface area contributed by atoms with Crippen LogP contribution in [0.2, 0.25) is 0 Å². The van der Waals surface area contributed by atoms with Crippen LogP contribution in [-0.2, 0) is 14.3 Å². The van der Waals surface area contributed by atoms with Crippen molar-refractivity contribution in [3.63, 3.8) is 0 Å². The van der Waals surface area contributed by atoms with Crippen LogP contribution in [0, 0.1) is 0 Å². The van der Waals surface area contributed by atoms with Gasteiger partial charge in [0.1, 0.15) is 0 Å². The van der Waals surface area contributed by atoms with Crippen molar-refractivity contribution < 1.29 is 17.0 Å². The summed E-state index contributed by atoms with van der Waals surface area (Å²) in [5, 5.41) is 0. The van der Waals surface area contributed by atoms with E-state index in [-0.39, 0.29) is 31.9 Å². The summed E-state index contributed by atoms with van der Waals surface area (Å²) in [7, 11) is -4.04. The van der Waals surface area contributed by atoms with Gasteiger partial charge in [0.25, 0.3) is 10.1 Å². The normalized spacial score (nSPS) is 12.6. The van der Waals surface area contributed by atoms with E-state index in [4.69, 9.17) is 4.18 Å². The Kier molecular flexibility index (Phi) is 27.2. The van der Waals surface area contributed by atoms with Gasteiger partial charge < -0.3 is 0 Å². The van der Waals surface area contributed by atoms with Gasteiger partial charge in [-0.05, 0) is 19.3 Å². The maximum atomic E-state index is 14.0. The van der Waals surface area contributed by atoms with Crippen molar-refractivity contribution in [2.45, 2.75) is 154 Å². The summed E-state index contributed by atoms with van der Waals surface area (Å²) in [5.41, 5.74) is -1.87. The minimum absolute atomic E-state index is 0. The van der Waals surface area contributed by atoms with Crippen molar-refractivity contribution >= 4 is 29.0 Å². The molecule has 0 fully saturated rings. The molecule has 0 saturated heterocycles. The number of unbranched alkanes of at least 4 members (excludes halogenated alkanes) is 18. The Labute approximate surface area is 206 Å². The van der Waals surface area contributed by atoms with Crippen LogP contribution in [0.3, 0.4) is 0 Å². The molecule has 31 heavy (non-hydrogen) atoms. The van der Waals surface area contributed by atoms with Crippen molar-refractivity contribution in [1.29, 1.82) is 0 Å². The van der Waals surface area contributed by atoms with E-state index in [2.05, 4.69) is 13.8 Å². The fraction of sp³-hybridized carbons (Fsp3) is 1.00. The third kappa shape index (κ3) is 23.4. The van der Waals surface area contributed by atoms with Gasteiger partial charge in [0.05, 0.1) is 6.61 Å². The van der Waals surface area contributed by atoms with Crippen molar-refractivity contribution in [2.24, 2.45) is 0 Å². The van der Waals surface area contributed by atoms with E-state index in [1.54, 1.807) is 0 Å². The van der Waals surface area contributed by atoms with Crippen LogP contribution in [0.4, 0.5) is 4.39 Å². The van der Waals surface area contributed by atoms with Gasteiger partial charge in [0.15, 0.2) is 0 Å². The third-order valence-electron chi connectivity index (χ3n) is 5.84. The third-order valence-corrected chi connectivity index (χ3v) is 7.20. The average molecular weight is 459 g/mol. The summed E-state index contributed by atoms with van der Waals surface area (Å²) in [6.07, 6.45) is 23.5. The topological polar surface area (TPSA) is 43.4 Å². The molecular formula is C25H52FLiO3S. The summed E-state index contributed by atoms with van der Waals surface area (Å²) in [6.45, 7) is 4.55. The standard InChI is InChI=1S/C25H51FO3S.Li.H/c1-3-5-7-9-11-12-13-14-15-16-18-20-22-24-29-30(27,28)25(26)23-21-19-17-10-8-6-4-2;;/h25H,3-24H2,1-2H3;;. The molecule has 0 aromatic heterocycles. The van der Waals surface area contributed by atoms with Gasteiger partial charge >= 0.3 is 18.9 Å². The summed E-state index contributed by atoms with van der Waals surface area (Å²) in [6, 6.07) is 0. The summed E-state index contributed by atoms with van der Waals surface area (Å²) in [4.78, 5) is 0. The molecule has 1 unspecified atom stereocenters. The Balaban J connectivity index is 0.